The summed E-state index contributed by atoms with van der Waals surface area (Å²) in [6.45, 7) is 3.56. The van der Waals surface area contributed by atoms with Crippen LogP contribution in [-0.4, -0.2) is 6.61 Å². The molecule has 0 unspecified atom stereocenters. The molecule has 12 heteroatoms. The molecule has 0 heterocycles. The highest BCUT2D eigenvalue weighted by molar-refractivity contribution is 5.48. The second kappa shape index (κ2) is 12.9. The van der Waals surface area contributed by atoms with Crippen LogP contribution in [0.5, 0.6) is 11.5 Å². The summed E-state index contributed by atoms with van der Waals surface area (Å²) < 4.78 is 151. The van der Waals surface area contributed by atoms with Gasteiger partial charge in [0.05, 0.1) is 11.1 Å². The molecule has 0 fully saturated rings. The number of halogens is 10. The fraction of sp³-hybridized carbons (Fsp3) is 0.0625. The zero-order chi connectivity index (χ0) is 32.2. The molecule has 0 aliphatic heterocycles. The van der Waals surface area contributed by atoms with Gasteiger partial charge in [0.1, 0.15) is 52.8 Å². The summed E-state index contributed by atoms with van der Waals surface area (Å²) in [4.78, 5) is 0. The monoisotopic (exact) mass is 620 g/mol. The van der Waals surface area contributed by atoms with E-state index in [1.54, 1.807) is 0 Å². The number of benzene rings is 4. The molecule has 0 atom stereocenters. The van der Waals surface area contributed by atoms with Crippen molar-refractivity contribution in [3.63, 3.8) is 0 Å². The van der Waals surface area contributed by atoms with Crippen molar-refractivity contribution in [2.24, 2.45) is 0 Å². The van der Waals surface area contributed by atoms with Crippen molar-refractivity contribution in [1.82, 2.24) is 0 Å². The van der Waals surface area contributed by atoms with E-state index in [-0.39, 0.29) is 30.1 Å². The zero-order valence-electron chi connectivity index (χ0n) is 21.8. The lowest BCUT2D eigenvalue weighted by Crippen LogP contribution is -2.25. The third-order valence-corrected chi connectivity index (χ3v) is 5.56. The van der Waals surface area contributed by atoms with Gasteiger partial charge < -0.3 is 9.47 Å². The van der Waals surface area contributed by atoms with Crippen molar-refractivity contribution in [2.75, 3.05) is 6.61 Å². The summed E-state index contributed by atoms with van der Waals surface area (Å²) in [5.41, 5.74) is -4.09. The van der Waals surface area contributed by atoms with Crippen LogP contribution in [-0.2, 0) is 6.11 Å². The Kier molecular flexibility index (Phi) is 9.24. The predicted octanol–water partition coefficient (Wildman–Crippen LogP) is 8.29. The fourth-order valence-corrected chi connectivity index (χ4v) is 3.59. The molecule has 0 amide bonds. The first-order chi connectivity index (χ1) is 20.8. The molecule has 0 aliphatic rings. The van der Waals surface area contributed by atoms with Gasteiger partial charge in [-0.1, -0.05) is 36.3 Å². The summed E-state index contributed by atoms with van der Waals surface area (Å²) in [5.74, 6) is -5.28. The van der Waals surface area contributed by atoms with Gasteiger partial charge in [-0.15, -0.1) is 0 Å². The SMILES string of the molecule is C=CCOc1ccc(C#Cc2cc(F)c(C(F)(F)Oc3cc(F)c(C#Cc4cc(F)c(F)c(F)c4)c(F)c3)c(F)c2)c(F)c1. The molecule has 0 aromatic heterocycles. The van der Waals surface area contributed by atoms with Gasteiger partial charge in [-0.25, -0.2) is 35.1 Å². The van der Waals surface area contributed by atoms with Gasteiger partial charge in [0, 0.05) is 29.3 Å². The summed E-state index contributed by atoms with van der Waals surface area (Å²) in [7, 11) is 0. The van der Waals surface area contributed by atoms with Crippen LogP contribution >= 0.6 is 0 Å². The molecule has 0 spiro atoms. The normalized spacial score (nSPS) is 10.8. The lowest BCUT2D eigenvalue weighted by atomic mass is 10.1. The molecule has 0 N–H and O–H groups in total. The third-order valence-electron chi connectivity index (χ3n) is 5.56. The maximum atomic E-state index is 14.8. The Hall–Kier alpha value is -5.36. The van der Waals surface area contributed by atoms with Crippen LogP contribution in [0.2, 0.25) is 0 Å². The highest BCUT2D eigenvalue weighted by Gasteiger charge is 2.41. The van der Waals surface area contributed by atoms with Gasteiger partial charge in [-0.2, -0.15) is 8.78 Å². The van der Waals surface area contributed by atoms with E-state index in [2.05, 4.69) is 23.2 Å². The van der Waals surface area contributed by atoms with Crippen LogP contribution in [0.25, 0.3) is 0 Å². The van der Waals surface area contributed by atoms with E-state index in [0.29, 0.717) is 24.3 Å². The Bertz CT molecular complexity index is 1830. The van der Waals surface area contributed by atoms with E-state index >= 15 is 0 Å². The van der Waals surface area contributed by atoms with E-state index in [1.807, 2.05) is 11.8 Å². The van der Waals surface area contributed by atoms with Crippen LogP contribution in [0.3, 0.4) is 0 Å². The fourth-order valence-electron chi connectivity index (χ4n) is 3.59. The van der Waals surface area contributed by atoms with Gasteiger partial charge >= 0.3 is 6.11 Å². The lowest BCUT2D eigenvalue weighted by molar-refractivity contribution is -0.189. The maximum absolute atomic E-state index is 14.8. The number of rotatable bonds is 6. The number of alkyl halides is 2. The predicted molar refractivity (Wildman–Crippen MR) is 138 cm³/mol. The average molecular weight is 620 g/mol. The minimum Gasteiger partial charge on any atom is -0.489 e. The Labute approximate surface area is 243 Å². The Morgan fingerprint density at radius 2 is 1.14 bits per heavy atom. The summed E-state index contributed by atoms with van der Waals surface area (Å²) in [6, 6.07) is 5.81. The van der Waals surface area contributed by atoms with Crippen LogP contribution in [0, 0.1) is 70.2 Å². The molecule has 44 heavy (non-hydrogen) atoms. The molecule has 4 aromatic rings. The molecular formula is C32H14F10O2. The van der Waals surface area contributed by atoms with E-state index in [9.17, 15) is 43.9 Å². The van der Waals surface area contributed by atoms with Gasteiger partial charge in [0.25, 0.3) is 0 Å². The molecule has 4 rings (SSSR count). The van der Waals surface area contributed by atoms with Crippen LogP contribution in [0.1, 0.15) is 27.8 Å². The second-order valence-electron chi connectivity index (χ2n) is 8.69. The Morgan fingerprint density at radius 3 is 1.68 bits per heavy atom. The summed E-state index contributed by atoms with van der Waals surface area (Å²) >= 11 is 0. The van der Waals surface area contributed by atoms with Crippen molar-refractivity contribution in [2.45, 2.75) is 6.11 Å². The van der Waals surface area contributed by atoms with E-state index in [1.165, 1.54) is 18.2 Å². The zero-order valence-corrected chi connectivity index (χ0v) is 21.8. The molecule has 0 bridgehead atoms. The maximum Gasteiger partial charge on any atom is 0.432 e. The molecule has 4 aromatic carbocycles. The van der Waals surface area contributed by atoms with Gasteiger partial charge in [-0.3, -0.25) is 0 Å². The standard InChI is InChI=1S/C32H14F10O2/c1-2-9-43-20-7-6-19(23(33)14-20)5-3-17-10-26(36)30(27(37)11-17)32(41,42)44-21-15-24(34)22(25(35)16-21)8-4-18-12-28(38)31(40)29(39)13-18/h2,6-7,10-16H,1,9H2. The quantitative estimate of drug-likeness (QED) is 0.0935. The molecule has 0 radical (unpaired) electrons. The minimum atomic E-state index is -4.80. The van der Waals surface area contributed by atoms with E-state index in [0.717, 1.165) is 6.07 Å². The molecular weight excluding hydrogens is 606 g/mol. The first kappa shape index (κ1) is 31.6. The van der Waals surface area contributed by atoms with Crippen LogP contribution in [0.4, 0.5) is 43.9 Å². The van der Waals surface area contributed by atoms with Crippen molar-refractivity contribution in [1.29, 1.82) is 0 Å². The number of ether oxygens (including phenoxy) is 2. The smallest absolute Gasteiger partial charge is 0.432 e. The molecule has 2 nitrogen and oxygen atoms in total. The van der Waals surface area contributed by atoms with Gasteiger partial charge in [0.15, 0.2) is 17.5 Å². The number of hydrogen-bond acceptors (Lipinski definition) is 2. The van der Waals surface area contributed by atoms with E-state index in [4.69, 9.17) is 4.74 Å². The number of hydrogen-bond donors (Lipinski definition) is 0. The highest BCUT2D eigenvalue weighted by atomic mass is 19.3. The first-order valence-electron chi connectivity index (χ1n) is 12.1. The van der Waals surface area contributed by atoms with Gasteiger partial charge in [0.2, 0.25) is 0 Å². The van der Waals surface area contributed by atoms with Crippen LogP contribution < -0.4 is 9.47 Å². The Balaban J connectivity index is 1.56. The van der Waals surface area contributed by atoms with Crippen molar-refractivity contribution < 1.29 is 53.4 Å². The molecule has 0 saturated carbocycles. The van der Waals surface area contributed by atoms with Crippen molar-refractivity contribution >= 4 is 0 Å². The Morgan fingerprint density at radius 1 is 0.614 bits per heavy atom. The second-order valence-corrected chi connectivity index (χ2v) is 8.69. The first-order valence-corrected chi connectivity index (χ1v) is 12.1. The highest BCUT2D eigenvalue weighted by Crippen LogP contribution is 2.36. The van der Waals surface area contributed by atoms with E-state index < -0.39 is 80.6 Å². The molecule has 0 aliphatic carbocycles. The van der Waals surface area contributed by atoms with Crippen LogP contribution in [0.15, 0.2) is 67.3 Å². The lowest BCUT2D eigenvalue weighted by Gasteiger charge is -2.20. The van der Waals surface area contributed by atoms with Gasteiger partial charge in [-0.05, 0) is 36.4 Å². The topological polar surface area (TPSA) is 18.5 Å². The molecule has 224 valence electrons. The third kappa shape index (κ3) is 7.16. The minimum absolute atomic E-state index is 0.110. The van der Waals surface area contributed by atoms with Crippen molar-refractivity contribution in [3.8, 4) is 35.2 Å². The average Bonchev–Trinajstić information content (AvgIpc) is 2.93. The molecule has 0 saturated heterocycles. The summed E-state index contributed by atoms with van der Waals surface area (Å²) in [6.07, 6.45) is -3.37. The largest absolute Gasteiger partial charge is 0.489 e. The van der Waals surface area contributed by atoms with Crippen molar-refractivity contribution in [3.05, 3.63) is 142 Å². The summed E-state index contributed by atoms with van der Waals surface area (Å²) in [5, 5.41) is 0.